The van der Waals surface area contributed by atoms with Crippen LogP contribution in [0.3, 0.4) is 0 Å². The SMILES string of the molecule is Cc1sc2c(c1C)C(c1ccc(Cl)cc1)=N[C@@H](CC(=O)Nc1ccc3c(c1)COC3=NC1COC1)c1nnc(C)n1-2. The number of hydrogen-bond acceptors (Lipinski definition) is 8. The number of carbonyl (C=O) groups is 1. The Bertz CT molecular complexity index is 1750. The lowest BCUT2D eigenvalue weighted by Crippen LogP contribution is -2.32. The van der Waals surface area contributed by atoms with E-state index < -0.39 is 6.04 Å². The molecule has 7 rings (SSSR count). The molecule has 208 valence electrons. The number of anilines is 1. The molecule has 1 N–H and O–H groups in total. The Kier molecular flexibility index (Phi) is 6.49. The van der Waals surface area contributed by atoms with Crippen molar-refractivity contribution in [1.29, 1.82) is 0 Å². The fraction of sp³-hybridized carbons (Fsp3) is 0.300. The zero-order valence-corrected chi connectivity index (χ0v) is 24.3. The second-order valence-corrected chi connectivity index (χ2v) is 12.1. The van der Waals surface area contributed by atoms with Crippen molar-refractivity contribution in [2.24, 2.45) is 9.98 Å². The van der Waals surface area contributed by atoms with Crippen LogP contribution < -0.4 is 5.32 Å². The molecular formula is C30H27ClN6O3S. The molecule has 1 atom stereocenters. The number of aliphatic imine (C=N–C) groups is 2. The number of rotatable bonds is 5. The molecule has 0 spiro atoms. The van der Waals surface area contributed by atoms with E-state index in [0.29, 0.717) is 42.3 Å². The molecule has 0 bridgehead atoms. The van der Waals surface area contributed by atoms with E-state index in [4.69, 9.17) is 26.1 Å². The number of aryl methyl sites for hydroxylation is 2. The van der Waals surface area contributed by atoms with Crippen LogP contribution in [0.15, 0.2) is 52.4 Å². The Labute approximate surface area is 245 Å². The second kappa shape index (κ2) is 10.2. The van der Waals surface area contributed by atoms with Gasteiger partial charge in [0.25, 0.3) is 0 Å². The number of amides is 1. The highest BCUT2D eigenvalue weighted by atomic mass is 35.5. The second-order valence-electron chi connectivity index (χ2n) is 10.4. The number of thiophene rings is 1. The Morgan fingerprint density at radius 2 is 1.95 bits per heavy atom. The number of fused-ring (bicyclic) bond motifs is 4. The van der Waals surface area contributed by atoms with E-state index in [2.05, 4.69) is 34.4 Å². The highest BCUT2D eigenvalue weighted by Gasteiger charge is 2.32. The molecule has 4 aromatic rings. The molecule has 1 saturated heterocycles. The lowest BCUT2D eigenvalue weighted by Gasteiger charge is -2.22. The molecule has 41 heavy (non-hydrogen) atoms. The third kappa shape index (κ3) is 4.65. The molecule has 2 aromatic heterocycles. The first kappa shape index (κ1) is 26.1. The number of nitrogens with one attached hydrogen (secondary N) is 1. The lowest BCUT2D eigenvalue weighted by molar-refractivity contribution is -0.116. The van der Waals surface area contributed by atoms with Gasteiger partial charge in [0.1, 0.15) is 29.5 Å². The number of carbonyl (C=O) groups excluding carboxylic acids is 1. The van der Waals surface area contributed by atoms with Crippen molar-refractivity contribution < 1.29 is 14.3 Å². The van der Waals surface area contributed by atoms with Crippen molar-refractivity contribution >= 4 is 46.1 Å². The Hall–Kier alpha value is -3.86. The standard InChI is InChI=1S/C30H27ClN6O3S/c1-15-16(2)41-30-26(15)27(18-4-6-20(31)7-5-18)34-24(28-36-35-17(3)37(28)30)11-25(38)32-21-8-9-23-19(10-21)12-40-29(23)33-22-13-39-14-22/h4-10,22,24H,11-14H2,1-3H3,(H,32,38)/t24-/m0/s1. The quantitative estimate of drug-likeness (QED) is 0.332. The van der Waals surface area contributed by atoms with Crippen LogP contribution in [0.5, 0.6) is 0 Å². The van der Waals surface area contributed by atoms with E-state index in [1.54, 1.807) is 11.3 Å². The Balaban J connectivity index is 1.21. The van der Waals surface area contributed by atoms with Gasteiger partial charge in [0, 0.05) is 37.8 Å². The topological polar surface area (TPSA) is 103 Å². The first-order chi connectivity index (χ1) is 19.9. The number of halogens is 1. The van der Waals surface area contributed by atoms with Gasteiger partial charge in [-0.2, -0.15) is 0 Å². The van der Waals surface area contributed by atoms with Gasteiger partial charge in [0.05, 0.1) is 25.3 Å². The minimum atomic E-state index is -0.539. The van der Waals surface area contributed by atoms with Crippen LogP contribution in [0.2, 0.25) is 5.02 Å². The van der Waals surface area contributed by atoms with Gasteiger partial charge in [-0.3, -0.25) is 14.4 Å². The van der Waals surface area contributed by atoms with Crippen molar-refractivity contribution in [2.75, 3.05) is 18.5 Å². The molecule has 3 aliphatic rings. The van der Waals surface area contributed by atoms with Crippen LogP contribution in [0, 0.1) is 20.8 Å². The summed E-state index contributed by atoms with van der Waals surface area (Å²) in [5.41, 5.74) is 6.58. The van der Waals surface area contributed by atoms with Crippen LogP contribution in [0.25, 0.3) is 5.00 Å². The number of hydrogen-bond donors (Lipinski definition) is 1. The molecule has 9 nitrogen and oxygen atoms in total. The summed E-state index contributed by atoms with van der Waals surface area (Å²) in [5.74, 6) is 1.87. The van der Waals surface area contributed by atoms with Crippen molar-refractivity contribution in [3.63, 3.8) is 0 Å². The van der Waals surface area contributed by atoms with E-state index in [9.17, 15) is 4.79 Å². The Morgan fingerprint density at radius 3 is 2.71 bits per heavy atom. The largest absolute Gasteiger partial charge is 0.473 e. The molecule has 1 fully saturated rings. The molecule has 0 radical (unpaired) electrons. The summed E-state index contributed by atoms with van der Waals surface area (Å²) in [6.07, 6.45) is 0.101. The minimum absolute atomic E-state index is 0.101. The van der Waals surface area contributed by atoms with Crippen LogP contribution in [0.1, 0.15) is 56.8 Å². The fourth-order valence-corrected chi connectivity index (χ4v) is 6.65. The summed E-state index contributed by atoms with van der Waals surface area (Å²) in [6.45, 7) is 7.82. The lowest BCUT2D eigenvalue weighted by atomic mass is 9.99. The molecule has 11 heteroatoms. The van der Waals surface area contributed by atoms with Crippen LogP contribution in [0.4, 0.5) is 5.69 Å². The van der Waals surface area contributed by atoms with Gasteiger partial charge in [-0.05, 0) is 56.7 Å². The van der Waals surface area contributed by atoms with E-state index >= 15 is 0 Å². The molecule has 5 heterocycles. The predicted molar refractivity (Wildman–Crippen MR) is 159 cm³/mol. The van der Waals surface area contributed by atoms with Crippen LogP contribution in [-0.4, -0.2) is 51.5 Å². The molecule has 3 aliphatic heterocycles. The predicted octanol–water partition coefficient (Wildman–Crippen LogP) is 5.50. The number of benzene rings is 2. The molecule has 0 saturated carbocycles. The zero-order valence-electron chi connectivity index (χ0n) is 22.8. The first-order valence-corrected chi connectivity index (χ1v) is 14.6. The highest BCUT2D eigenvalue weighted by molar-refractivity contribution is 7.15. The van der Waals surface area contributed by atoms with Gasteiger partial charge in [-0.1, -0.05) is 23.7 Å². The summed E-state index contributed by atoms with van der Waals surface area (Å²) < 4.78 is 13.1. The molecule has 2 aromatic carbocycles. The van der Waals surface area contributed by atoms with Crippen LogP contribution in [-0.2, 0) is 20.9 Å². The number of aromatic nitrogens is 3. The van der Waals surface area contributed by atoms with Gasteiger partial charge in [-0.25, -0.2) is 4.99 Å². The molecular weight excluding hydrogens is 560 g/mol. The normalized spacial score (nSPS) is 18.6. The molecule has 0 unspecified atom stereocenters. The van der Waals surface area contributed by atoms with Gasteiger partial charge in [0.2, 0.25) is 11.8 Å². The van der Waals surface area contributed by atoms with E-state index in [-0.39, 0.29) is 18.4 Å². The van der Waals surface area contributed by atoms with Gasteiger partial charge >= 0.3 is 0 Å². The van der Waals surface area contributed by atoms with Crippen molar-refractivity contribution in [3.8, 4) is 5.00 Å². The van der Waals surface area contributed by atoms with E-state index in [1.165, 1.54) is 4.88 Å². The third-order valence-electron chi connectivity index (χ3n) is 7.64. The summed E-state index contributed by atoms with van der Waals surface area (Å²) in [4.78, 5) is 24.5. The summed E-state index contributed by atoms with van der Waals surface area (Å²) in [5, 5.41) is 13.6. The average molecular weight is 587 g/mol. The maximum absolute atomic E-state index is 13.5. The zero-order chi connectivity index (χ0) is 28.2. The summed E-state index contributed by atoms with van der Waals surface area (Å²) in [6, 6.07) is 13.0. The fourth-order valence-electron chi connectivity index (χ4n) is 5.31. The third-order valence-corrected chi connectivity index (χ3v) is 9.08. The number of ether oxygens (including phenoxy) is 2. The maximum atomic E-state index is 13.5. The van der Waals surface area contributed by atoms with E-state index in [0.717, 1.165) is 44.4 Å². The van der Waals surface area contributed by atoms with Crippen molar-refractivity contribution in [2.45, 2.75) is 45.9 Å². The van der Waals surface area contributed by atoms with Crippen molar-refractivity contribution in [1.82, 2.24) is 14.8 Å². The maximum Gasteiger partial charge on any atom is 0.227 e. The smallest absolute Gasteiger partial charge is 0.227 e. The minimum Gasteiger partial charge on any atom is -0.473 e. The summed E-state index contributed by atoms with van der Waals surface area (Å²) in [7, 11) is 0. The van der Waals surface area contributed by atoms with Gasteiger partial charge in [0.15, 0.2) is 5.82 Å². The summed E-state index contributed by atoms with van der Waals surface area (Å²) >= 11 is 7.90. The molecule has 0 aliphatic carbocycles. The molecule has 1 amide bonds. The van der Waals surface area contributed by atoms with Crippen molar-refractivity contribution in [3.05, 3.63) is 91.8 Å². The van der Waals surface area contributed by atoms with Gasteiger partial charge in [-0.15, -0.1) is 21.5 Å². The monoisotopic (exact) mass is 586 g/mol. The van der Waals surface area contributed by atoms with Crippen LogP contribution >= 0.6 is 22.9 Å². The first-order valence-electron chi connectivity index (χ1n) is 13.4. The highest BCUT2D eigenvalue weighted by Crippen LogP contribution is 2.39. The Morgan fingerprint density at radius 1 is 1.15 bits per heavy atom. The van der Waals surface area contributed by atoms with Gasteiger partial charge < -0.3 is 14.8 Å². The van der Waals surface area contributed by atoms with E-state index in [1.807, 2.05) is 54.0 Å². The average Bonchev–Trinajstić information content (AvgIpc) is 3.57. The number of nitrogens with zero attached hydrogens (tertiary/aromatic N) is 5.